The lowest BCUT2D eigenvalue weighted by molar-refractivity contribution is -0.138. The number of aliphatic carboxylic acids is 1. The average molecular weight is 364 g/mol. The molecule has 1 aliphatic heterocycles. The van der Waals surface area contributed by atoms with Crippen molar-refractivity contribution in [3.63, 3.8) is 0 Å². The zero-order valence-electron chi connectivity index (χ0n) is 12.0. The van der Waals surface area contributed by atoms with Gasteiger partial charge in [-0.05, 0) is 17.7 Å². The Hall–Kier alpha value is -2.52. The highest BCUT2D eigenvalue weighted by molar-refractivity contribution is 8.15. The number of benzene rings is 1. The van der Waals surface area contributed by atoms with Crippen LogP contribution in [-0.2, 0) is 9.59 Å². The maximum atomic E-state index is 11.6. The van der Waals surface area contributed by atoms with Crippen LogP contribution in [0.25, 0.3) is 10.9 Å². The van der Waals surface area contributed by atoms with Crippen LogP contribution in [0, 0.1) is 0 Å². The molecular formula is C14H10ClN5O3S. The largest absolute Gasteiger partial charge is 0.481 e. The molecule has 0 radical (unpaired) electrons. The Labute approximate surface area is 145 Å². The zero-order valence-corrected chi connectivity index (χ0v) is 13.6. The molecule has 2 heterocycles. The highest BCUT2D eigenvalue weighted by Crippen LogP contribution is 2.22. The molecule has 1 aromatic carbocycles. The Morgan fingerprint density at radius 3 is 3.08 bits per heavy atom. The number of amidine groups is 1. The van der Waals surface area contributed by atoms with Gasteiger partial charge >= 0.3 is 5.97 Å². The number of carboxylic acid groups (broad SMARTS) is 1. The highest BCUT2D eigenvalue weighted by Gasteiger charge is 2.32. The maximum absolute atomic E-state index is 11.6. The molecular weight excluding hydrogens is 354 g/mol. The summed E-state index contributed by atoms with van der Waals surface area (Å²) in [6, 6.07) is 5.35. The number of carbonyl (C=O) groups excluding carboxylic acids is 1. The Morgan fingerprint density at radius 2 is 2.29 bits per heavy atom. The van der Waals surface area contributed by atoms with E-state index < -0.39 is 11.2 Å². The molecule has 8 nitrogen and oxygen atoms in total. The normalized spacial score (nSPS) is 19.3. The first kappa shape index (κ1) is 16.3. The Morgan fingerprint density at radius 1 is 1.46 bits per heavy atom. The Kier molecular flexibility index (Phi) is 4.72. The molecule has 2 N–H and O–H groups in total. The fourth-order valence-corrected chi connectivity index (χ4v) is 3.13. The van der Waals surface area contributed by atoms with Gasteiger partial charge in [0.1, 0.15) is 16.7 Å². The summed E-state index contributed by atoms with van der Waals surface area (Å²) >= 11 is 7.06. The minimum absolute atomic E-state index is 0.262. The summed E-state index contributed by atoms with van der Waals surface area (Å²) in [4.78, 5) is 30.3. The first-order chi connectivity index (χ1) is 11.5. The molecule has 1 atom stereocenters. The van der Waals surface area contributed by atoms with Crippen LogP contribution in [0.15, 0.2) is 34.7 Å². The van der Waals surface area contributed by atoms with Crippen LogP contribution in [0.2, 0.25) is 5.15 Å². The second kappa shape index (κ2) is 6.93. The summed E-state index contributed by atoms with van der Waals surface area (Å²) in [7, 11) is 0. The van der Waals surface area contributed by atoms with E-state index in [0.29, 0.717) is 16.1 Å². The molecule has 2 aromatic rings. The van der Waals surface area contributed by atoms with Gasteiger partial charge in [0.15, 0.2) is 5.17 Å². The van der Waals surface area contributed by atoms with E-state index in [1.807, 2.05) is 0 Å². The molecule has 24 heavy (non-hydrogen) atoms. The third-order valence-corrected chi connectivity index (χ3v) is 4.48. The van der Waals surface area contributed by atoms with Gasteiger partial charge in [0.25, 0.3) is 0 Å². The van der Waals surface area contributed by atoms with Gasteiger partial charge in [-0.25, -0.2) is 9.97 Å². The number of fused-ring (bicyclic) bond motifs is 1. The van der Waals surface area contributed by atoms with Crippen molar-refractivity contribution in [1.29, 1.82) is 0 Å². The minimum atomic E-state index is -1.04. The summed E-state index contributed by atoms with van der Waals surface area (Å²) in [5.41, 5.74) is 1.45. The summed E-state index contributed by atoms with van der Waals surface area (Å²) in [6.45, 7) is 0. The second-order valence-corrected chi connectivity index (χ2v) is 6.33. The van der Waals surface area contributed by atoms with E-state index in [-0.39, 0.29) is 17.5 Å². The van der Waals surface area contributed by atoms with Gasteiger partial charge in [-0.1, -0.05) is 29.4 Å². The third-order valence-electron chi connectivity index (χ3n) is 3.10. The molecule has 0 saturated carbocycles. The molecule has 1 amide bonds. The standard InChI is InChI=1S/C14H10ClN5O3S/c15-12-8-3-7(1-2-9(8)16-6-17-12)5-18-20-14-19-13(23)10(24-14)4-11(21)22/h1-3,5-6,10H,4H2,(H,21,22)(H,19,20,23). The van der Waals surface area contributed by atoms with Crippen LogP contribution in [0.1, 0.15) is 12.0 Å². The number of amides is 1. The van der Waals surface area contributed by atoms with Gasteiger partial charge in [-0.15, -0.1) is 5.10 Å². The molecule has 1 fully saturated rings. The van der Waals surface area contributed by atoms with Crippen molar-refractivity contribution >= 4 is 57.5 Å². The molecule has 1 aromatic heterocycles. The number of rotatable bonds is 4. The lowest BCUT2D eigenvalue weighted by Gasteiger charge is -1.99. The topological polar surface area (TPSA) is 117 Å². The molecule has 3 rings (SSSR count). The lowest BCUT2D eigenvalue weighted by atomic mass is 10.2. The predicted molar refractivity (Wildman–Crippen MR) is 91.4 cm³/mol. The van der Waals surface area contributed by atoms with Gasteiger partial charge in [-0.2, -0.15) is 5.10 Å². The van der Waals surface area contributed by atoms with E-state index in [2.05, 4.69) is 25.5 Å². The Balaban J connectivity index is 1.73. The SMILES string of the molecule is O=C(O)CC1SC(=NN=Cc2ccc3ncnc(Cl)c3c2)NC1=O. The smallest absolute Gasteiger partial charge is 0.305 e. The molecule has 10 heteroatoms. The van der Waals surface area contributed by atoms with Crippen molar-refractivity contribution in [3.8, 4) is 0 Å². The lowest BCUT2D eigenvalue weighted by Crippen LogP contribution is -2.26. The van der Waals surface area contributed by atoms with Crippen LogP contribution in [-0.4, -0.2) is 43.6 Å². The van der Waals surface area contributed by atoms with E-state index in [4.69, 9.17) is 16.7 Å². The minimum Gasteiger partial charge on any atom is -0.481 e. The fourth-order valence-electron chi connectivity index (χ4n) is 2.02. The van der Waals surface area contributed by atoms with Crippen LogP contribution in [0.4, 0.5) is 0 Å². The number of halogens is 1. The predicted octanol–water partition coefficient (Wildman–Crippen LogP) is 1.68. The number of carboxylic acids is 1. The van der Waals surface area contributed by atoms with Gasteiger partial charge < -0.3 is 10.4 Å². The van der Waals surface area contributed by atoms with Crippen LogP contribution < -0.4 is 5.32 Å². The van der Waals surface area contributed by atoms with Gasteiger partial charge in [-0.3, -0.25) is 9.59 Å². The van der Waals surface area contributed by atoms with Crippen molar-refractivity contribution in [2.45, 2.75) is 11.7 Å². The van der Waals surface area contributed by atoms with Crippen molar-refractivity contribution < 1.29 is 14.7 Å². The number of hydrogen-bond acceptors (Lipinski definition) is 7. The third kappa shape index (κ3) is 3.69. The number of thioether (sulfide) groups is 1. The van der Waals surface area contributed by atoms with E-state index in [9.17, 15) is 9.59 Å². The van der Waals surface area contributed by atoms with Crippen LogP contribution >= 0.6 is 23.4 Å². The summed E-state index contributed by atoms with van der Waals surface area (Å²) in [6.07, 6.45) is 2.62. The summed E-state index contributed by atoms with van der Waals surface area (Å²) in [5.74, 6) is -1.42. The number of hydrogen-bond donors (Lipinski definition) is 2. The monoisotopic (exact) mass is 363 g/mol. The van der Waals surface area contributed by atoms with Crippen molar-refractivity contribution in [3.05, 3.63) is 35.2 Å². The summed E-state index contributed by atoms with van der Waals surface area (Å²) in [5, 5.41) is 19.6. The average Bonchev–Trinajstić information content (AvgIpc) is 2.87. The second-order valence-electron chi connectivity index (χ2n) is 4.78. The van der Waals surface area contributed by atoms with Crippen molar-refractivity contribution in [2.75, 3.05) is 0 Å². The van der Waals surface area contributed by atoms with E-state index in [1.54, 1.807) is 18.2 Å². The molecule has 1 saturated heterocycles. The first-order valence-electron chi connectivity index (χ1n) is 6.73. The van der Waals surface area contributed by atoms with E-state index in [0.717, 1.165) is 17.3 Å². The molecule has 122 valence electrons. The Bertz CT molecular complexity index is 886. The van der Waals surface area contributed by atoms with Crippen LogP contribution in [0.5, 0.6) is 0 Å². The van der Waals surface area contributed by atoms with Gasteiger partial charge in [0, 0.05) is 5.39 Å². The fraction of sp³-hybridized carbons (Fsp3) is 0.143. The number of carbonyl (C=O) groups is 2. The van der Waals surface area contributed by atoms with Gasteiger partial charge in [0.05, 0.1) is 18.2 Å². The van der Waals surface area contributed by atoms with E-state index >= 15 is 0 Å². The van der Waals surface area contributed by atoms with Crippen molar-refractivity contribution in [2.24, 2.45) is 10.2 Å². The molecule has 1 aliphatic rings. The molecule has 0 aliphatic carbocycles. The molecule has 0 spiro atoms. The van der Waals surface area contributed by atoms with E-state index in [1.165, 1.54) is 12.5 Å². The number of nitrogens with zero attached hydrogens (tertiary/aromatic N) is 4. The molecule has 0 bridgehead atoms. The van der Waals surface area contributed by atoms with Gasteiger partial charge in [0.2, 0.25) is 5.91 Å². The number of aromatic nitrogens is 2. The zero-order chi connectivity index (χ0) is 17.1. The molecule has 1 unspecified atom stereocenters. The quantitative estimate of drug-likeness (QED) is 0.485. The number of nitrogens with one attached hydrogen (secondary N) is 1. The summed E-state index contributed by atoms with van der Waals surface area (Å²) < 4.78 is 0. The van der Waals surface area contributed by atoms with Crippen molar-refractivity contribution in [1.82, 2.24) is 15.3 Å². The maximum Gasteiger partial charge on any atom is 0.305 e. The van der Waals surface area contributed by atoms with Crippen LogP contribution in [0.3, 0.4) is 0 Å². The highest BCUT2D eigenvalue weighted by atomic mass is 35.5. The first-order valence-corrected chi connectivity index (χ1v) is 7.99.